The zero-order valence-electron chi connectivity index (χ0n) is 11.1. The molecule has 0 aliphatic carbocycles. The van der Waals surface area contributed by atoms with Gasteiger partial charge in [0, 0.05) is 31.5 Å². The molecule has 0 saturated carbocycles. The van der Waals surface area contributed by atoms with E-state index in [9.17, 15) is 4.79 Å². The number of rotatable bonds is 5. The summed E-state index contributed by atoms with van der Waals surface area (Å²) in [6, 6.07) is 3.56. The molecular weight excluding hydrogens is 244 g/mol. The van der Waals surface area contributed by atoms with Gasteiger partial charge in [-0.1, -0.05) is 0 Å². The summed E-state index contributed by atoms with van der Waals surface area (Å²) in [6.07, 6.45) is 1.77. The van der Waals surface area contributed by atoms with E-state index in [1.165, 1.54) is 0 Å². The van der Waals surface area contributed by atoms with E-state index in [1.807, 2.05) is 24.0 Å². The van der Waals surface area contributed by atoms with Crippen molar-refractivity contribution in [3.8, 4) is 0 Å². The van der Waals surface area contributed by atoms with Crippen LogP contribution in [-0.4, -0.2) is 48.1 Å². The van der Waals surface area contributed by atoms with Gasteiger partial charge in [-0.15, -0.1) is 0 Å². The fraction of sp³-hybridized carbons (Fsp3) is 0.538. The Balaban J connectivity index is 2.06. The highest BCUT2D eigenvalue weighted by molar-refractivity contribution is 5.80. The first-order chi connectivity index (χ1) is 9.20. The van der Waals surface area contributed by atoms with Crippen LogP contribution >= 0.6 is 0 Å². The van der Waals surface area contributed by atoms with Crippen LogP contribution in [0.1, 0.15) is 12.6 Å². The summed E-state index contributed by atoms with van der Waals surface area (Å²) in [6.45, 7) is 5.20. The second-order valence-electron chi connectivity index (χ2n) is 4.53. The molecule has 1 fully saturated rings. The highest BCUT2D eigenvalue weighted by atomic mass is 16.5. The van der Waals surface area contributed by atoms with Crippen LogP contribution in [0.25, 0.3) is 0 Å². The van der Waals surface area contributed by atoms with Gasteiger partial charge in [0.15, 0.2) is 0 Å². The third-order valence-electron chi connectivity index (χ3n) is 3.13. The van der Waals surface area contributed by atoms with Crippen molar-refractivity contribution >= 4 is 11.6 Å². The van der Waals surface area contributed by atoms with Gasteiger partial charge in [0.05, 0.1) is 18.9 Å². The van der Waals surface area contributed by atoms with Crippen molar-refractivity contribution in [3.05, 3.63) is 24.0 Å². The minimum absolute atomic E-state index is 0.345. The van der Waals surface area contributed by atoms with Gasteiger partial charge in [0.2, 0.25) is 5.91 Å². The van der Waals surface area contributed by atoms with Crippen molar-refractivity contribution in [3.63, 3.8) is 0 Å². The van der Waals surface area contributed by atoms with Crippen LogP contribution in [0.15, 0.2) is 18.3 Å². The predicted octanol–water partition coefficient (Wildman–Crippen LogP) is 0.200. The highest BCUT2D eigenvalue weighted by Crippen LogP contribution is 2.14. The number of carbonyl (C=O) groups is 1. The number of hydrogen-bond donors (Lipinski definition) is 2. The summed E-state index contributed by atoms with van der Waals surface area (Å²) in [5.74, 6) is -0.345. The van der Waals surface area contributed by atoms with E-state index in [4.69, 9.17) is 10.5 Å². The fourth-order valence-corrected chi connectivity index (χ4v) is 2.18. The zero-order chi connectivity index (χ0) is 13.7. The van der Waals surface area contributed by atoms with E-state index >= 15 is 0 Å². The molecule has 1 amide bonds. The molecule has 1 aliphatic heterocycles. The summed E-state index contributed by atoms with van der Waals surface area (Å²) in [4.78, 5) is 17.7. The Labute approximate surface area is 112 Å². The summed E-state index contributed by atoms with van der Waals surface area (Å²) >= 11 is 0. The number of anilines is 1. The molecule has 1 aromatic heterocycles. The topological polar surface area (TPSA) is 80.5 Å². The number of nitrogens with zero attached hydrogens (tertiary/aromatic N) is 2. The first kappa shape index (κ1) is 13.8. The van der Waals surface area contributed by atoms with Crippen molar-refractivity contribution in [2.45, 2.75) is 19.5 Å². The average molecular weight is 264 g/mol. The van der Waals surface area contributed by atoms with E-state index in [0.717, 1.165) is 17.9 Å². The van der Waals surface area contributed by atoms with Gasteiger partial charge in [-0.05, 0) is 19.1 Å². The molecule has 1 unspecified atom stereocenters. The zero-order valence-corrected chi connectivity index (χ0v) is 11.1. The minimum atomic E-state index is -0.363. The molecule has 1 aromatic rings. The maximum Gasteiger partial charge on any atom is 0.237 e. The van der Waals surface area contributed by atoms with Crippen LogP contribution < -0.4 is 11.1 Å². The molecule has 2 heterocycles. The number of carbonyl (C=O) groups excluding carboxylic acids is 1. The molecule has 6 heteroatoms. The number of nitrogens with two attached hydrogens (primary N) is 1. The molecule has 1 atom stereocenters. The Hall–Kier alpha value is -1.66. The largest absolute Gasteiger partial charge is 0.385 e. The van der Waals surface area contributed by atoms with Gasteiger partial charge in [-0.25, -0.2) is 0 Å². The normalized spacial score (nSPS) is 20.2. The molecule has 1 aliphatic rings. The minimum Gasteiger partial charge on any atom is -0.385 e. The Bertz CT molecular complexity index is 438. The van der Waals surface area contributed by atoms with Gasteiger partial charge < -0.3 is 15.8 Å². The lowest BCUT2D eigenvalue weighted by Crippen LogP contribution is -2.51. The number of morpholine rings is 1. The molecule has 1 saturated heterocycles. The van der Waals surface area contributed by atoms with Crippen LogP contribution in [0.4, 0.5) is 5.69 Å². The quantitative estimate of drug-likeness (QED) is 0.794. The smallest absolute Gasteiger partial charge is 0.237 e. The molecular formula is C13H20N4O2. The summed E-state index contributed by atoms with van der Waals surface area (Å²) in [5.41, 5.74) is 7.36. The van der Waals surface area contributed by atoms with E-state index < -0.39 is 0 Å². The van der Waals surface area contributed by atoms with Crippen molar-refractivity contribution < 1.29 is 9.53 Å². The van der Waals surface area contributed by atoms with Gasteiger partial charge in [-0.3, -0.25) is 14.7 Å². The third-order valence-corrected chi connectivity index (χ3v) is 3.13. The Kier molecular flexibility index (Phi) is 4.70. The van der Waals surface area contributed by atoms with Crippen molar-refractivity contribution in [1.29, 1.82) is 0 Å². The molecule has 6 nitrogen and oxygen atoms in total. The Morgan fingerprint density at radius 3 is 3.26 bits per heavy atom. The highest BCUT2D eigenvalue weighted by Gasteiger charge is 2.27. The number of hydrogen-bond acceptors (Lipinski definition) is 5. The maximum absolute atomic E-state index is 11.4. The molecule has 0 aromatic carbocycles. The van der Waals surface area contributed by atoms with Crippen LogP contribution in [0, 0.1) is 0 Å². The van der Waals surface area contributed by atoms with E-state index in [0.29, 0.717) is 26.3 Å². The number of ether oxygens (including phenoxy) is 1. The monoisotopic (exact) mass is 264 g/mol. The number of nitrogens with one attached hydrogen (secondary N) is 1. The first-order valence-electron chi connectivity index (χ1n) is 6.50. The van der Waals surface area contributed by atoms with E-state index in [2.05, 4.69) is 10.3 Å². The summed E-state index contributed by atoms with van der Waals surface area (Å²) in [7, 11) is 0. The molecule has 0 spiro atoms. The van der Waals surface area contributed by atoms with Crippen LogP contribution in [0.2, 0.25) is 0 Å². The number of primary amides is 1. The molecule has 2 rings (SSSR count). The van der Waals surface area contributed by atoms with Crippen molar-refractivity contribution in [2.24, 2.45) is 5.73 Å². The number of aromatic nitrogens is 1. The van der Waals surface area contributed by atoms with Gasteiger partial charge >= 0.3 is 0 Å². The second kappa shape index (κ2) is 6.49. The average Bonchev–Trinajstić information content (AvgIpc) is 2.40. The summed E-state index contributed by atoms with van der Waals surface area (Å²) < 4.78 is 5.30. The van der Waals surface area contributed by atoms with Crippen LogP contribution in [0.3, 0.4) is 0 Å². The molecule has 104 valence electrons. The Morgan fingerprint density at radius 1 is 1.68 bits per heavy atom. The van der Waals surface area contributed by atoms with Gasteiger partial charge in [0.25, 0.3) is 0 Å². The molecule has 0 bridgehead atoms. The lowest BCUT2D eigenvalue weighted by Gasteiger charge is -2.33. The fourth-order valence-electron chi connectivity index (χ4n) is 2.18. The predicted molar refractivity (Wildman–Crippen MR) is 72.6 cm³/mol. The molecule has 3 N–H and O–H groups in total. The summed E-state index contributed by atoms with van der Waals surface area (Å²) in [5, 5.41) is 3.24. The number of amides is 1. The molecule has 0 radical (unpaired) electrons. The number of pyridine rings is 1. The standard InChI is InChI=1S/C13H20N4O2/c1-2-15-10-3-4-16-11(7-10)8-17-5-6-19-9-12(17)13(14)18/h3-4,7,12H,2,5-6,8-9H2,1H3,(H2,14,18)(H,15,16). The van der Waals surface area contributed by atoms with Gasteiger partial charge in [-0.2, -0.15) is 0 Å². The van der Waals surface area contributed by atoms with Gasteiger partial charge in [0.1, 0.15) is 6.04 Å². The van der Waals surface area contributed by atoms with Crippen LogP contribution in [-0.2, 0) is 16.1 Å². The van der Waals surface area contributed by atoms with Crippen LogP contribution in [0.5, 0.6) is 0 Å². The maximum atomic E-state index is 11.4. The van der Waals surface area contributed by atoms with E-state index in [-0.39, 0.29) is 11.9 Å². The van der Waals surface area contributed by atoms with Crippen molar-refractivity contribution in [1.82, 2.24) is 9.88 Å². The van der Waals surface area contributed by atoms with E-state index in [1.54, 1.807) is 6.20 Å². The second-order valence-corrected chi connectivity index (χ2v) is 4.53. The van der Waals surface area contributed by atoms with Crippen molar-refractivity contribution in [2.75, 3.05) is 31.6 Å². The lowest BCUT2D eigenvalue weighted by atomic mass is 10.2. The first-order valence-corrected chi connectivity index (χ1v) is 6.50. The SMILES string of the molecule is CCNc1ccnc(CN2CCOCC2C(N)=O)c1. The lowest BCUT2D eigenvalue weighted by molar-refractivity contribution is -0.129. The third kappa shape index (κ3) is 3.65. The molecule has 19 heavy (non-hydrogen) atoms. The Morgan fingerprint density at radius 2 is 2.53 bits per heavy atom.